The maximum Gasteiger partial charge on any atom is 0.119 e. The number of rotatable bonds is 7. The summed E-state index contributed by atoms with van der Waals surface area (Å²) in [5.74, 6) is 0.818. The predicted molar refractivity (Wildman–Crippen MR) is 102 cm³/mol. The average Bonchev–Trinajstić information content (AvgIpc) is 3.29. The van der Waals surface area contributed by atoms with Gasteiger partial charge in [0.25, 0.3) is 0 Å². The molecule has 0 amide bonds. The highest BCUT2D eigenvalue weighted by Gasteiger charge is 2.22. The highest BCUT2D eigenvalue weighted by molar-refractivity contribution is 5.81. The summed E-state index contributed by atoms with van der Waals surface area (Å²) in [6, 6.07) is 14.9. The lowest BCUT2D eigenvalue weighted by molar-refractivity contribution is 0.201. The van der Waals surface area contributed by atoms with Gasteiger partial charge >= 0.3 is 0 Å². The number of benzene rings is 2. The number of H-pyrrole nitrogens is 1. The van der Waals surface area contributed by atoms with Crippen molar-refractivity contribution in [1.29, 1.82) is 0 Å². The second kappa shape index (κ2) is 7.76. The summed E-state index contributed by atoms with van der Waals surface area (Å²) in [7, 11) is 0. The van der Waals surface area contributed by atoms with E-state index in [2.05, 4.69) is 50.7 Å². The number of aromatic nitrogens is 2. The quantitative estimate of drug-likeness (QED) is 0.610. The fourth-order valence-electron chi connectivity index (χ4n) is 3.52. The Balaban J connectivity index is 1.33. The van der Waals surface area contributed by atoms with E-state index in [1.54, 1.807) is 0 Å². The summed E-state index contributed by atoms with van der Waals surface area (Å²) in [6.45, 7) is 3.38. The minimum Gasteiger partial charge on any atom is -0.491 e. The number of nitrogens with zero attached hydrogens (tertiary/aromatic N) is 2. The van der Waals surface area contributed by atoms with E-state index in [0.29, 0.717) is 12.6 Å². The SMILES string of the molecule is OCCOc1cccc(CN2CC[C@@H](Nc3ccc4[nH]ncc4c3)C2)c1. The average molecular weight is 352 g/mol. The highest BCUT2D eigenvalue weighted by Crippen LogP contribution is 2.22. The molecule has 1 aromatic heterocycles. The zero-order valence-corrected chi connectivity index (χ0v) is 14.7. The number of hydrogen-bond donors (Lipinski definition) is 3. The van der Waals surface area contributed by atoms with Crippen LogP contribution in [0, 0.1) is 0 Å². The van der Waals surface area contributed by atoms with E-state index in [9.17, 15) is 0 Å². The lowest BCUT2D eigenvalue weighted by atomic mass is 10.2. The molecular weight excluding hydrogens is 328 g/mol. The number of anilines is 1. The van der Waals surface area contributed by atoms with Gasteiger partial charge in [0.1, 0.15) is 12.4 Å². The van der Waals surface area contributed by atoms with Crippen LogP contribution in [0.15, 0.2) is 48.7 Å². The second-order valence-electron chi connectivity index (χ2n) is 6.76. The van der Waals surface area contributed by atoms with Crippen LogP contribution < -0.4 is 10.1 Å². The summed E-state index contributed by atoms with van der Waals surface area (Å²) >= 11 is 0. The van der Waals surface area contributed by atoms with E-state index in [-0.39, 0.29) is 6.61 Å². The number of likely N-dealkylation sites (tertiary alicyclic amines) is 1. The summed E-state index contributed by atoms with van der Waals surface area (Å²) in [6.07, 6.45) is 2.98. The molecule has 2 heterocycles. The molecule has 3 N–H and O–H groups in total. The highest BCUT2D eigenvalue weighted by atomic mass is 16.5. The molecule has 1 atom stereocenters. The normalized spacial score (nSPS) is 17.7. The van der Waals surface area contributed by atoms with Crippen molar-refractivity contribution < 1.29 is 9.84 Å². The van der Waals surface area contributed by atoms with Crippen LogP contribution in [0.2, 0.25) is 0 Å². The first-order valence-corrected chi connectivity index (χ1v) is 9.05. The van der Waals surface area contributed by atoms with Gasteiger partial charge in [-0.3, -0.25) is 10.00 Å². The van der Waals surface area contributed by atoms with E-state index in [0.717, 1.165) is 48.4 Å². The lowest BCUT2D eigenvalue weighted by Gasteiger charge is -2.18. The molecule has 6 heteroatoms. The van der Waals surface area contributed by atoms with Crippen molar-refractivity contribution in [3.63, 3.8) is 0 Å². The molecule has 4 rings (SSSR count). The van der Waals surface area contributed by atoms with Crippen molar-refractivity contribution in [2.24, 2.45) is 0 Å². The molecule has 0 radical (unpaired) electrons. The van der Waals surface area contributed by atoms with Crippen LogP contribution >= 0.6 is 0 Å². The zero-order chi connectivity index (χ0) is 17.8. The number of aliphatic hydroxyl groups excluding tert-OH is 1. The van der Waals surface area contributed by atoms with Crippen LogP contribution in [-0.2, 0) is 6.54 Å². The summed E-state index contributed by atoms with van der Waals surface area (Å²) in [4.78, 5) is 2.46. The van der Waals surface area contributed by atoms with Crippen molar-refractivity contribution in [1.82, 2.24) is 15.1 Å². The van der Waals surface area contributed by atoms with E-state index >= 15 is 0 Å². The predicted octanol–water partition coefficient (Wildman–Crippen LogP) is 2.62. The molecule has 0 bridgehead atoms. The van der Waals surface area contributed by atoms with Crippen molar-refractivity contribution in [2.45, 2.75) is 19.0 Å². The van der Waals surface area contributed by atoms with Gasteiger partial charge in [-0.25, -0.2) is 0 Å². The largest absolute Gasteiger partial charge is 0.491 e. The molecule has 2 aromatic carbocycles. The van der Waals surface area contributed by atoms with E-state index in [1.807, 2.05) is 18.3 Å². The fraction of sp³-hybridized carbons (Fsp3) is 0.350. The monoisotopic (exact) mass is 352 g/mol. The maximum absolute atomic E-state index is 8.88. The standard InChI is InChI=1S/C20H24N4O2/c25-8-9-26-19-3-1-2-15(10-19)13-24-7-6-18(14-24)22-17-4-5-20-16(11-17)12-21-23-20/h1-5,10-12,18,22,25H,6-9,13-14H2,(H,21,23)/t18-/m1/s1. The molecule has 26 heavy (non-hydrogen) atoms. The molecule has 0 spiro atoms. The van der Waals surface area contributed by atoms with E-state index < -0.39 is 0 Å². The van der Waals surface area contributed by atoms with Crippen molar-refractivity contribution in [2.75, 3.05) is 31.6 Å². The minimum absolute atomic E-state index is 0.0360. The van der Waals surface area contributed by atoms with Gasteiger partial charge in [0.2, 0.25) is 0 Å². The van der Waals surface area contributed by atoms with Crippen molar-refractivity contribution in [3.8, 4) is 5.75 Å². The van der Waals surface area contributed by atoms with Crippen molar-refractivity contribution >= 4 is 16.6 Å². The van der Waals surface area contributed by atoms with Gasteiger partial charge < -0.3 is 15.2 Å². The van der Waals surface area contributed by atoms with Gasteiger partial charge in [0, 0.05) is 36.7 Å². The molecule has 0 aliphatic carbocycles. The number of aromatic amines is 1. The Bertz CT molecular complexity index is 864. The maximum atomic E-state index is 8.88. The molecular formula is C20H24N4O2. The molecule has 1 aliphatic rings. The Morgan fingerprint density at radius 1 is 1.27 bits per heavy atom. The Hall–Kier alpha value is -2.57. The molecule has 6 nitrogen and oxygen atoms in total. The smallest absolute Gasteiger partial charge is 0.119 e. The fourth-order valence-corrected chi connectivity index (χ4v) is 3.52. The summed E-state index contributed by atoms with van der Waals surface area (Å²) < 4.78 is 5.50. The van der Waals surface area contributed by atoms with Crippen LogP contribution in [0.1, 0.15) is 12.0 Å². The number of nitrogens with one attached hydrogen (secondary N) is 2. The topological polar surface area (TPSA) is 73.4 Å². The van der Waals surface area contributed by atoms with Crippen LogP contribution in [0.3, 0.4) is 0 Å². The Labute approximate surface area is 152 Å². The van der Waals surface area contributed by atoms with Gasteiger partial charge in [-0.15, -0.1) is 0 Å². The summed E-state index contributed by atoms with van der Waals surface area (Å²) in [5, 5.41) is 20.7. The van der Waals surface area contributed by atoms with Crippen LogP contribution in [-0.4, -0.2) is 52.5 Å². The number of aliphatic hydroxyl groups is 1. The second-order valence-corrected chi connectivity index (χ2v) is 6.76. The first-order chi connectivity index (χ1) is 12.8. The van der Waals surface area contributed by atoms with Gasteiger partial charge in [-0.2, -0.15) is 5.10 Å². The molecule has 3 aromatic rings. The van der Waals surface area contributed by atoms with E-state index in [4.69, 9.17) is 9.84 Å². The molecule has 1 aliphatic heterocycles. The van der Waals surface area contributed by atoms with Gasteiger partial charge in [-0.05, 0) is 42.3 Å². The van der Waals surface area contributed by atoms with Crippen LogP contribution in [0.4, 0.5) is 5.69 Å². The molecule has 0 unspecified atom stereocenters. The Morgan fingerprint density at radius 3 is 3.15 bits per heavy atom. The Kier molecular flexibility index (Phi) is 5.04. The van der Waals surface area contributed by atoms with Gasteiger partial charge in [0.15, 0.2) is 0 Å². The van der Waals surface area contributed by atoms with Crippen LogP contribution in [0.25, 0.3) is 10.9 Å². The third kappa shape index (κ3) is 3.98. The van der Waals surface area contributed by atoms with E-state index in [1.165, 1.54) is 5.56 Å². The molecule has 136 valence electrons. The van der Waals surface area contributed by atoms with Gasteiger partial charge in [-0.1, -0.05) is 12.1 Å². The van der Waals surface area contributed by atoms with Crippen LogP contribution in [0.5, 0.6) is 5.75 Å². The third-order valence-electron chi connectivity index (χ3n) is 4.75. The molecule has 1 saturated heterocycles. The molecule has 0 saturated carbocycles. The molecule has 1 fully saturated rings. The first kappa shape index (κ1) is 16.9. The minimum atomic E-state index is 0.0360. The van der Waals surface area contributed by atoms with Gasteiger partial charge in [0.05, 0.1) is 18.3 Å². The zero-order valence-electron chi connectivity index (χ0n) is 14.7. The number of ether oxygens (including phenoxy) is 1. The lowest BCUT2D eigenvalue weighted by Crippen LogP contribution is -2.25. The number of hydrogen-bond acceptors (Lipinski definition) is 5. The number of fused-ring (bicyclic) bond motifs is 1. The van der Waals surface area contributed by atoms with Crippen molar-refractivity contribution in [3.05, 3.63) is 54.2 Å². The Morgan fingerprint density at radius 2 is 2.23 bits per heavy atom. The summed E-state index contributed by atoms with van der Waals surface area (Å²) in [5.41, 5.74) is 3.44. The first-order valence-electron chi connectivity index (χ1n) is 9.05. The third-order valence-corrected chi connectivity index (χ3v) is 4.75.